The van der Waals surface area contributed by atoms with Crippen LogP contribution in [-0.2, 0) is 13.0 Å². The summed E-state index contributed by atoms with van der Waals surface area (Å²) >= 11 is 12.7. The Labute approximate surface area is 187 Å². The molecule has 3 aromatic rings. The van der Waals surface area contributed by atoms with E-state index in [2.05, 4.69) is 34.4 Å². The molecular weight excluding hydrogens is 417 g/mol. The van der Waals surface area contributed by atoms with Crippen molar-refractivity contribution < 1.29 is 4.79 Å². The van der Waals surface area contributed by atoms with Gasteiger partial charge in [0.2, 0.25) is 0 Å². The average molecular weight is 442 g/mol. The molecule has 6 heteroatoms. The quantitative estimate of drug-likeness (QED) is 0.526. The van der Waals surface area contributed by atoms with Gasteiger partial charge in [-0.2, -0.15) is 0 Å². The van der Waals surface area contributed by atoms with Crippen LogP contribution in [0.3, 0.4) is 0 Å². The van der Waals surface area contributed by atoms with Gasteiger partial charge in [0.05, 0.1) is 5.56 Å². The summed E-state index contributed by atoms with van der Waals surface area (Å²) < 4.78 is 0. The molecule has 156 valence electrons. The topological polar surface area (TPSA) is 48.1 Å². The van der Waals surface area contributed by atoms with Gasteiger partial charge in [-0.25, -0.2) is 0 Å². The normalized spacial score (nSPS) is 16.8. The van der Waals surface area contributed by atoms with Gasteiger partial charge >= 0.3 is 0 Å². The fourth-order valence-corrected chi connectivity index (χ4v) is 4.87. The monoisotopic (exact) mass is 441 g/mol. The number of rotatable bonds is 3. The minimum Gasteiger partial charge on any atom is -0.362 e. The number of benzene rings is 2. The molecule has 1 amide bonds. The Morgan fingerprint density at radius 2 is 1.87 bits per heavy atom. The largest absolute Gasteiger partial charge is 0.362 e. The minimum absolute atomic E-state index is 0.1000. The van der Waals surface area contributed by atoms with Crippen molar-refractivity contribution in [1.29, 1.82) is 0 Å². The summed E-state index contributed by atoms with van der Waals surface area (Å²) in [6, 6.07) is 13.9. The van der Waals surface area contributed by atoms with Gasteiger partial charge in [0, 0.05) is 46.1 Å². The van der Waals surface area contributed by atoms with E-state index in [1.54, 1.807) is 0 Å². The van der Waals surface area contributed by atoms with Gasteiger partial charge in [-0.15, -0.1) is 0 Å². The van der Waals surface area contributed by atoms with Crippen LogP contribution in [0, 0.1) is 13.8 Å². The average Bonchev–Trinajstić information content (AvgIpc) is 2.92. The maximum Gasteiger partial charge on any atom is 0.257 e. The highest BCUT2D eigenvalue weighted by molar-refractivity contribution is 6.35. The molecule has 0 spiro atoms. The van der Waals surface area contributed by atoms with E-state index in [0.29, 0.717) is 16.5 Å². The van der Waals surface area contributed by atoms with E-state index >= 15 is 0 Å². The van der Waals surface area contributed by atoms with Crippen LogP contribution in [0.25, 0.3) is 0 Å². The lowest BCUT2D eigenvalue weighted by molar-refractivity contribution is 0.102. The number of aromatic nitrogens is 1. The van der Waals surface area contributed by atoms with Crippen LogP contribution in [0.4, 0.5) is 5.69 Å². The van der Waals surface area contributed by atoms with E-state index in [0.717, 1.165) is 47.2 Å². The first kappa shape index (κ1) is 21.0. The van der Waals surface area contributed by atoms with Crippen molar-refractivity contribution in [3.8, 4) is 0 Å². The molecule has 1 aliphatic rings. The second-order valence-electron chi connectivity index (χ2n) is 8.19. The van der Waals surface area contributed by atoms with E-state index in [4.69, 9.17) is 23.2 Å². The Morgan fingerprint density at radius 3 is 2.53 bits per heavy atom. The van der Waals surface area contributed by atoms with Crippen molar-refractivity contribution >= 4 is 34.8 Å². The van der Waals surface area contributed by atoms with Crippen LogP contribution >= 0.6 is 23.2 Å². The highest BCUT2D eigenvalue weighted by Gasteiger charge is 2.23. The van der Waals surface area contributed by atoms with Crippen LogP contribution in [-0.4, -0.2) is 29.4 Å². The van der Waals surface area contributed by atoms with E-state index in [1.165, 1.54) is 11.1 Å². The molecule has 1 unspecified atom stereocenters. The molecule has 4 nitrogen and oxygen atoms in total. The van der Waals surface area contributed by atoms with Crippen molar-refractivity contribution in [3.63, 3.8) is 0 Å². The number of nitrogens with zero attached hydrogens (tertiary/aromatic N) is 1. The van der Waals surface area contributed by atoms with Crippen LogP contribution < -0.4 is 5.32 Å². The van der Waals surface area contributed by atoms with Crippen molar-refractivity contribution in [2.45, 2.75) is 32.7 Å². The van der Waals surface area contributed by atoms with Crippen molar-refractivity contribution in [2.24, 2.45) is 0 Å². The van der Waals surface area contributed by atoms with Crippen LogP contribution in [0.1, 0.15) is 44.4 Å². The highest BCUT2D eigenvalue weighted by Crippen LogP contribution is 2.34. The number of nitrogens with one attached hydrogen (secondary N) is 2. The van der Waals surface area contributed by atoms with Crippen molar-refractivity contribution in [2.75, 3.05) is 18.9 Å². The molecule has 0 aliphatic carbocycles. The number of hydrogen-bond acceptors (Lipinski definition) is 2. The van der Waals surface area contributed by atoms with E-state index in [1.807, 2.05) is 44.2 Å². The van der Waals surface area contributed by atoms with Crippen LogP contribution in [0.5, 0.6) is 0 Å². The maximum atomic E-state index is 12.6. The highest BCUT2D eigenvalue weighted by atomic mass is 35.5. The maximum absolute atomic E-state index is 12.6. The number of likely N-dealkylation sites (N-methyl/N-ethyl adjacent to an activating group) is 1. The predicted octanol–water partition coefficient (Wildman–Crippen LogP) is 5.96. The van der Waals surface area contributed by atoms with E-state index < -0.39 is 0 Å². The zero-order valence-corrected chi connectivity index (χ0v) is 18.9. The molecule has 0 saturated carbocycles. The predicted molar refractivity (Wildman–Crippen MR) is 124 cm³/mol. The summed E-state index contributed by atoms with van der Waals surface area (Å²) in [6.07, 6.45) is 0.882. The van der Waals surface area contributed by atoms with Crippen molar-refractivity contribution in [3.05, 3.63) is 86.2 Å². The molecule has 2 aromatic carbocycles. The number of H-pyrrole nitrogens is 1. The molecular formula is C24H25Cl2N3O. The molecule has 4 rings (SSSR count). The fourth-order valence-electron chi connectivity index (χ4n) is 4.28. The Morgan fingerprint density at radius 1 is 1.13 bits per heavy atom. The zero-order chi connectivity index (χ0) is 21.4. The van der Waals surface area contributed by atoms with Gasteiger partial charge in [0.25, 0.3) is 5.91 Å². The van der Waals surface area contributed by atoms with Gasteiger partial charge in [-0.05, 0) is 74.3 Å². The van der Waals surface area contributed by atoms with E-state index in [-0.39, 0.29) is 5.91 Å². The third-order valence-corrected chi connectivity index (χ3v) is 6.27. The molecule has 0 saturated heterocycles. The Balaban J connectivity index is 1.53. The summed E-state index contributed by atoms with van der Waals surface area (Å²) in [4.78, 5) is 18.0. The van der Waals surface area contributed by atoms with Crippen molar-refractivity contribution in [1.82, 2.24) is 9.88 Å². The van der Waals surface area contributed by atoms with Crippen LogP contribution in [0.15, 0.2) is 42.5 Å². The SMILES string of the molecule is Cc1cc(C(=O)Nc2ccc(C3Cc4cc(Cl)cc(Cl)c4CN(C)C3)cc2)c(C)[nH]1. The first-order valence-electron chi connectivity index (χ1n) is 10.0. The molecule has 2 heterocycles. The minimum atomic E-state index is -0.1000. The Bertz CT molecular complexity index is 1090. The molecule has 1 aromatic heterocycles. The number of amides is 1. The van der Waals surface area contributed by atoms with Gasteiger partial charge in [0.1, 0.15) is 0 Å². The third kappa shape index (κ3) is 4.41. The number of carbonyl (C=O) groups excluding carboxylic acids is 1. The number of aryl methyl sites for hydroxylation is 2. The molecule has 0 fully saturated rings. The number of aromatic amines is 1. The number of carbonyl (C=O) groups is 1. The number of halogens is 2. The second-order valence-corrected chi connectivity index (χ2v) is 9.03. The summed E-state index contributed by atoms with van der Waals surface area (Å²) in [6.45, 7) is 5.59. The molecule has 2 N–H and O–H groups in total. The van der Waals surface area contributed by atoms with Gasteiger partial charge in [0.15, 0.2) is 0 Å². The standard InChI is InChI=1S/C24H25Cl2N3O/c1-14-8-21(15(2)27-14)24(30)28-20-6-4-16(5-7-20)18-9-17-10-19(25)11-23(26)22(17)13-29(3)12-18/h4-8,10-11,18,27H,9,12-13H2,1-3H3,(H,28,30). The molecule has 0 radical (unpaired) electrons. The van der Waals surface area contributed by atoms with Gasteiger partial charge < -0.3 is 15.2 Å². The lowest BCUT2D eigenvalue weighted by Gasteiger charge is -2.20. The first-order valence-corrected chi connectivity index (χ1v) is 10.8. The van der Waals surface area contributed by atoms with Crippen LogP contribution in [0.2, 0.25) is 10.0 Å². The summed E-state index contributed by atoms with van der Waals surface area (Å²) in [5, 5.41) is 4.40. The molecule has 30 heavy (non-hydrogen) atoms. The third-order valence-electron chi connectivity index (χ3n) is 5.71. The first-order chi connectivity index (χ1) is 14.3. The van der Waals surface area contributed by atoms with Gasteiger partial charge in [-0.3, -0.25) is 4.79 Å². The van der Waals surface area contributed by atoms with Gasteiger partial charge in [-0.1, -0.05) is 35.3 Å². The Hall–Kier alpha value is -2.27. The lowest BCUT2D eigenvalue weighted by atomic mass is 9.91. The lowest BCUT2D eigenvalue weighted by Crippen LogP contribution is -2.22. The fraction of sp³-hybridized carbons (Fsp3) is 0.292. The summed E-state index contributed by atoms with van der Waals surface area (Å²) in [5.41, 5.74) is 6.91. The number of anilines is 1. The zero-order valence-electron chi connectivity index (χ0n) is 17.4. The van der Waals surface area contributed by atoms with E-state index in [9.17, 15) is 4.79 Å². The number of hydrogen-bond donors (Lipinski definition) is 2. The second kappa shape index (κ2) is 8.46. The molecule has 1 aliphatic heterocycles. The summed E-state index contributed by atoms with van der Waals surface area (Å²) in [7, 11) is 2.11. The summed E-state index contributed by atoms with van der Waals surface area (Å²) in [5.74, 6) is 0.224. The molecule has 1 atom stereocenters. The molecule has 0 bridgehead atoms. The Kier molecular flexibility index (Phi) is 5.92. The smallest absolute Gasteiger partial charge is 0.257 e. The number of fused-ring (bicyclic) bond motifs is 1.